The molecule has 1 amide bonds. The fraction of sp³-hybridized carbons (Fsp3) is 0.360. The van der Waals surface area contributed by atoms with Crippen molar-refractivity contribution in [3.63, 3.8) is 0 Å². The number of H-pyrrole nitrogens is 1. The summed E-state index contributed by atoms with van der Waals surface area (Å²) in [7, 11) is 0. The van der Waals surface area contributed by atoms with E-state index in [2.05, 4.69) is 95.3 Å². The van der Waals surface area contributed by atoms with Crippen molar-refractivity contribution < 1.29 is 24.6 Å². The van der Waals surface area contributed by atoms with Crippen LogP contribution < -0.4 is 10.9 Å². The Morgan fingerprint density at radius 3 is 1.68 bits per heavy atom. The highest BCUT2D eigenvalue weighted by atomic mass is 127. The van der Waals surface area contributed by atoms with Crippen LogP contribution in [0.15, 0.2) is 108 Å². The van der Waals surface area contributed by atoms with Gasteiger partial charge in [0.05, 0.1) is 18.3 Å². The van der Waals surface area contributed by atoms with E-state index in [1.807, 2.05) is 63.2 Å². The second kappa shape index (κ2) is 21.3. The molecule has 0 atom stereocenters. The number of pyridine rings is 1. The first-order valence-electron chi connectivity index (χ1n) is 20.0. The molecule has 8 nitrogen and oxygen atoms in total. The van der Waals surface area contributed by atoms with Gasteiger partial charge in [-0.2, -0.15) is 0 Å². The second-order valence-corrected chi connectivity index (χ2v) is 17.7. The molecule has 59 heavy (non-hydrogen) atoms. The normalized spacial score (nSPS) is 19.3. The van der Waals surface area contributed by atoms with Crippen LogP contribution in [0.3, 0.4) is 0 Å². The molecular weight excluding hydrogens is 851 g/mol. The number of amides is 1. The molecule has 9 rings (SSSR count). The van der Waals surface area contributed by atoms with Crippen LogP contribution in [0.25, 0.3) is 11.1 Å². The highest BCUT2D eigenvalue weighted by molar-refractivity contribution is 14.1. The zero-order chi connectivity index (χ0) is 42.0. The maximum Gasteiger partial charge on any atom is 0.307 e. The largest absolute Gasteiger partial charge is 0.481 e. The molecule has 1 aromatic heterocycles. The van der Waals surface area contributed by atoms with Gasteiger partial charge in [0, 0.05) is 9.77 Å². The summed E-state index contributed by atoms with van der Waals surface area (Å²) >= 11 is 2.30. The van der Waals surface area contributed by atoms with Crippen molar-refractivity contribution in [3.8, 4) is 11.1 Å². The first-order chi connectivity index (χ1) is 27.6. The summed E-state index contributed by atoms with van der Waals surface area (Å²) in [5.41, 5.74) is 9.49. The number of aliphatic carboxylic acids is 2. The van der Waals surface area contributed by atoms with Crippen LogP contribution in [-0.2, 0) is 27.2 Å². The number of carbonyl (C=O) groups excluding carboxylic acids is 1. The Morgan fingerprint density at radius 2 is 1.15 bits per heavy atom. The monoisotopic (exact) mass is 910 g/mol. The third-order valence-electron chi connectivity index (χ3n) is 11.5. The summed E-state index contributed by atoms with van der Waals surface area (Å²) in [5.74, 6) is 0.713. The molecule has 0 spiro atoms. The number of anilines is 1. The van der Waals surface area contributed by atoms with E-state index in [1.165, 1.54) is 34.0 Å². The Kier molecular flexibility index (Phi) is 16.8. The number of aromatic nitrogens is 1. The minimum Gasteiger partial charge on any atom is -0.481 e. The molecule has 1 heterocycles. The number of carboxylic acid groups (broad SMARTS) is 2. The molecule has 0 radical (unpaired) electrons. The average molecular weight is 911 g/mol. The minimum absolute atomic E-state index is 0. The lowest BCUT2D eigenvalue weighted by molar-refractivity contribution is -0.140. The molecule has 0 saturated heterocycles. The molecule has 4 bridgehead atoms. The molecule has 5 aromatic rings. The Balaban J connectivity index is 0.000000184. The van der Waals surface area contributed by atoms with E-state index in [-0.39, 0.29) is 37.1 Å². The van der Waals surface area contributed by atoms with E-state index in [0.717, 1.165) is 76.0 Å². The van der Waals surface area contributed by atoms with Gasteiger partial charge in [0.1, 0.15) is 5.69 Å². The lowest BCUT2D eigenvalue weighted by atomic mass is 9.49. The Morgan fingerprint density at radius 1 is 0.661 bits per heavy atom. The molecule has 4 N–H and O–H groups in total. The first-order valence-corrected chi connectivity index (χ1v) is 21.0. The van der Waals surface area contributed by atoms with Crippen LogP contribution in [0.1, 0.15) is 84.9 Å². The molecule has 4 aliphatic rings. The van der Waals surface area contributed by atoms with Crippen LogP contribution in [0.2, 0.25) is 0 Å². The van der Waals surface area contributed by atoms with E-state index >= 15 is 0 Å². The van der Waals surface area contributed by atoms with Gasteiger partial charge in [-0.3, -0.25) is 19.2 Å². The number of hydrogen-bond donors (Lipinski definition) is 4. The molecule has 0 unspecified atom stereocenters. The Bertz CT molecular complexity index is 2200. The standard InChI is InChI=1S/C17H22N2O2.C16H16O2.C9H10O2.C7H7I.CH4/c1-10-2-14(15(20)18-9-10)19-16(21)17-6-11-3-12(7-17)5-13(4-11)8-17;1-11-3-6-13(7-4-11)14-8-5-12(2)15(9-14)10-16(17)18;1-7-4-2-3-5-8(7)6-9(10)11;1-6-2-4-7(8)5-3-6;/h2,9,11-13H,3-8H2,1H3,(H,18,20)(H,19,21);3-9H,10H2,1-2H3,(H,17,18);2-5H,6H2,1H3,(H,10,11);2-5H,1H3;1H4. The van der Waals surface area contributed by atoms with Crippen LogP contribution in [-0.4, -0.2) is 33.0 Å². The fourth-order valence-corrected chi connectivity index (χ4v) is 9.14. The van der Waals surface area contributed by atoms with E-state index in [1.54, 1.807) is 12.3 Å². The summed E-state index contributed by atoms with van der Waals surface area (Å²) < 4.78 is 1.30. The Labute approximate surface area is 363 Å². The maximum atomic E-state index is 12.9. The molecule has 4 fully saturated rings. The smallest absolute Gasteiger partial charge is 0.307 e. The molecular formula is C50H59IN2O6. The molecule has 0 aliphatic heterocycles. The van der Waals surface area contributed by atoms with Crippen molar-refractivity contribution in [2.45, 2.75) is 93.4 Å². The fourth-order valence-electron chi connectivity index (χ4n) is 8.78. The minimum atomic E-state index is -0.792. The van der Waals surface area contributed by atoms with Gasteiger partial charge in [0.25, 0.3) is 5.56 Å². The van der Waals surface area contributed by atoms with Crippen molar-refractivity contribution in [2.24, 2.45) is 23.2 Å². The number of nitrogens with one attached hydrogen (secondary N) is 2. The summed E-state index contributed by atoms with van der Waals surface area (Å²) in [6, 6.07) is 31.9. The molecule has 4 saturated carbocycles. The lowest BCUT2D eigenvalue weighted by Gasteiger charge is -2.55. The molecule has 312 valence electrons. The number of benzene rings is 4. The summed E-state index contributed by atoms with van der Waals surface area (Å²) in [5, 5.41) is 20.3. The summed E-state index contributed by atoms with van der Waals surface area (Å²) in [6.45, 7) is 9.91. The quantitative estimate of drug-likeness (QED) is 0.120. The van der Waals surface area contributed by atoms with Gasteiger partial charge < -0.3 is 20.5 Å². The predicted molar refractivity (Wildman–Crippen MR) is 247 cm³/mol. The van der Waals surface area contributed by atoms with Crippen molar-refractivity contribution in [2.75, 3.05) is 5.32 Å². The highest BCUT2D eigenvalue weighted by Crippen LogP contribution is 2.60. The summed E-state index contributed by atoms with van der Waals surface area (Å²) in [6.07, 6.45) is 8.88. The van der Waals surface area contributed by atoms with E-state index in [0.29, 0.717) is 5.69 Å². The molecule has 4 aromatic carbocycles. The number of carbonyl (C=O) groups is 3. The van der Waals surface area contributed by atoms with Gasteiger partial charge >= 0.3 is 11.9 Å². The number of aromatic amines is 1. The third-order valence-corrected chi connectivity index (χ3v) is 12.2. The molecule has 4 aliphatic carbocycles. The van der Waals surface area contributed by atoms with Crippen LogP contribution in [0, 0.1) is 61.4 Å². The van der Waals surface area contributed by atoms with Gasteiger partial charge in [-0.1, -0.05) is 97.4 Å². The van der Waals surface area contributed by atoms with Gasteiger partial charge in [0.2, 0.25) is 5.91 Å². The average Bonchev–Trinajstić information content (AvgIpc) is 3.16. The third kappa shape index (κ3) is 13.5. The number of halogens is 1. The Hall–Kier alpha value is -5.03. The predicted octanol–water partition coefficient (Wildman–Crippen LogP) is 11.3. The van der Waals surface area contributed by atoms with Crippen LogP contribution in [0.5, 0.6) is 0 Å². The first kappa shape index (κ1) is 46.7. The highest BCUT2D eigenvalue weighted by Gasteiger charge is 2.54. The van der Waals surface area contributed by atoms with Gasteiger partial charge in [-0.25, -0.2) is 0 Å². The van der Waals surface area contributed by atoms with Crippen LogP contribution >= 0.6 is 22.6 Å². The van der Waals surface area contributed by atoms with Crippen molar-refractivity contribution >= 4 is 46.1 Å². The maximum absolute atomic E-state index is 12.9. The number of aryl methyl sites for hydroxylation is 5. The number of carboxylic acids is 2. The second-order valence-electron chi connectivity index (χ2n) is 16.4. The van der Waals surface area contributed by atoms with Crippen molar-refractivity contribution in [3.05, 3.63) is 156 Å². The van der Waals surface area contributed by atoms with Gasteiger partial charge in [-0.15, -0.1) is 0 Å². The van der Waals surface area contributed by atoms with Crippen molar-refractivity contribution in [1.29, 1.82) is 0 Å². The zero-order valence-electron chi connectivity index (χ0n) is 34.1. The number of rotatable bonds is 7. The van der Waals surface area contributed by atoms with E-state index < -0.39 is 11.9 Å². The van der Waals surface area contributed by atoms with Crippen LogP contribution in [0.4, 0.5) is 5.69 Å². The van der Waals surface area contributed by atoms with Crippen molar-refractivity contribution in [1.82, 2.24) is 4.98 Å². The topological polar surface area (TPSA) is 137 Å². The lowest BCUT2D eigenvalue weighted by Crippen LogP contribution is -2.52. The summed E-state index contributed by atoms with van der Waals surface area (Å²) in [4.78, 5) is 48.5. The van der Waals surface area contributed by atoms with E-state index in [9.17, 15) is 19.2 Å². The SMILES string of the molecule is C.Cc1c[nH]c(=O)c(NC(=O)C23CC4CC(CC(C4)C2)C3)c1.Cc1ccc(-c2ccc(C)c(CC(=O)O)c2)cc1.Cc1ccc(I)cc1.Cc1ccccc1CC(=O)O. The van der Waals surface area contributed by atoms with Gasteiger partial charge in [-0.05, 0) is 171 Å². The van der Waals surface area contributed by atoms with E-state index in [4.69, 9.17) is 10.2 Å². The molecule has 9 heteroatoms. The zero-order valence-corrected chi connectivity index (χ0v) is 36.3. The van der Waals surface area contributed by atoms with Gasteiger partial charge in [0.15, 0.2) is 0 Å². The number of hydrogen-bond acceptors (Lipinski definition) is 4.